The fraction of sp³-hybridized carbons (Fsp3) is 0.200. The molecule has 0 saturated carbocycles. The molecule has 2 atom stereocenters. The summed E-state index contributed by atoms with van der Waals surface area (Å²) in [5, 5.41) is 12.3. The van der Waals surface area contributed by atoms with Crippen LogP contribution < -0.4 is 5.32 Å². The second-order valence-corrected chi connectivity index (χ2v) is 6.58. The molecule has 1 unspecified atom stereocenters. The third-order valence-corrected chi connectivity index (χ3v) is 4.25. The number of amides is 3. The largest absolute Gasteiger partial charge is 0.508 e. The van der Waals surface area contributed by atoms with Gasteiger partial charge in [-0.05, 0) is 62.4 Å². The molecule has 7 nitrogen and oxygen atoms in total. The number of hydrogen-bond acceptors (Lipinski definition) is 5. The minimum absolute atomic E-state index is 0.0403. The number of imide groups is 1. The van der Waals surface area contributed by atoms with Gasteiger partial charge in [0.15, 0.2) is 0 Å². The van der Waals surface area contributed by atoms with Crippen molar-refractivity contribution >= 4 is 35.6 Å². The number of carbonyl (C=O) groups excluding carboxylic acids is 4. The summed E-state index contributed by atoms with van der Waals surface area (Å²) in [7, 11) is 0. The van der Waals surface area contributed by atoms with E-state index in [0.717, 1.165) is 4.90 Å². The average Bonchev–Trinajstić information content (AvgIpc) is 2.68. The molecule has 0 spiro atoms. The normalized spacial score (nSPS) is 12.5. The van der Waals surface area contributed by atoms with Gasteiger partial charge in [0.1, 0.15) is 18.1 Å². The van der Waals surface area contributed by atoms with Crippen LogP contribution in [0.25, 0.3) is 0 Å². The minimum Gasteiger partial charge on any atom is -0.508 e. The Kier molecular flexibility index (Phi) is 6.89. The number of aldehydes is 1. The third-order valence-electron chi connectivity index (χ3n) is 4.00. The quantitative estimate of drug-likeness (QED) is 0.722. The number of carbonyl (C=O) groups is 4. The van der Waals surface area contributed by atoms with Crippen LogP contribution in [-0.4, -0.2) is 46.1 Å². The predicted octanol–water partition coefficient (Wildman–Crippen LogP) is 2.42. The number of nitrogens with one attached hydrogen (secondary N) is 1. The van der Waals surface area contributed by atoms with Crippen molar-refractivity contribution in [2.45, 2.75) is 25.9 Å². The number of halogens is 1. The zero-order valence-corrected chi connectivity index (χ0v) is 16.0. The molecule has 0 aliphatic heterocycles. The van der Waals surface area contributed by atoms with Gasteiger partial charge in [-0.3, -0.25) is 19.3 Å². The van der Waals surface area contributed by atoms with Gasteiger partial charge in [-0.15, -0.1) is 0 Å². The number of rotatable bonds is 6. The van der Waals surface area contributed by atoms with Gasteiger partial charge in [0.05, 0.1) is 6.04 Å². The van der Waals surface area contributed by atoms with Gasteiger partial charge >= 0.3 is 0 Å². The van der Waals surface area contributed by atoms with Crippen molar-refractivity contribution in [1.29, 1.82) is 0 Å². The lowest BCUT2D eigenvalue weighted by Crippen LogP contribution is -2.52. The molecule has 2 aromatic carbocycles. The van der Waals surface area contributed by atoms with Gasteiger partial charge in [0.2, 0.25) is 0 Å². The van der Waals surface area contributed by atoms with E-state index in [1.807, 2.05) is 0 Å². The number of phenolic OH excluding ortho intramolecular Hbond substituents is 1. The molecule has 0 bridgehead atoms. The summed E-state index contributed by atoms with van der Waals surface area (Å²) in [5.41, 5.74) is 0.417. The molecule has 8 heteroatoms. The van der Waals surface area contributed by atoms with E-state index in [0.29, 0.717) is 16.9 Å². The van der Waals surface area contributed by atoms with E-state index in [1.165, 1.54) is 62.4 Å². The van der Waals surface area contributed by atoms with E-state index in [2.05, 4.69) is 5.32 Å². The predicted molar refractivity (Wildman–Crippen MR) is 103 cm³/mol. The molecule has 28 heavy (non-hydrogen) atoms. The smallest absolute Gasteiger partial charge is 0.261 e. The SMILES string of the molecule is CC(NC(=O)c1ccc(Cl)cc1)C(=O)N(C(=O)c1ccc(O)cc1)[C@H](C)C=O. The first-order valence-corrected chi connectivity index (χ1v) is 8.80. The van der Waals surface area contributed by atoms with E-state index in [9.17, 15) is 24.3 Å². The van der Waals surface area contributed by atoms with Gasteiger partial charge in [-0.1, -0.05) is 11.6 Å². The van der Waals surface area contributed by atoms with Crippen molar-refractivity contribution in [2.24, 2.45) is 0 Å². The Hall–Kier alpha value is -3.19. The van der Waals surface area contributed by atoms with Crippen LogP contribution >= 0.6 is 11.6 Å². The molecule has 0 fully saturated rings. The number of phenols is 1. The van der Waals surface area contributed by atoms with Crippen molar-refractivity contribution in [3.05, 3.63) is 64.7 Å². The second-order valence-electron chi connectivity index (χ2n) is 6.14. The van der Waals surface area contributed by atoms with Crippen LogP contribution in [0.4, 0.5) is 0 Å². The van der Waals surface area contributed by atoms with Crippen LogP contribution in [0.15, 0.2) is 48.5 Å². The van der Waals surface area contributed by atoms with E-state index in [4.69, 9.17) is 11.6 Å². The maximum absolute atomic E-state index is 12.8. The summed E-state index contributed by atoms with van der Waals surface area (Å²) >= 11 is 5.79. The standard InChI is InChI=1S/C20H19ClN2O5/c1-12(11-24)23(20(28)15-5-9-17(25)10-6-15)19(27)13(2)22-18(26)14-3-7-16(21)8-4-14/h3-13,25H,1-2H3,(H,22,26)/t12-,13?/m1/s1. The second kappa shape index (κ2) is 9.14. The van der Waals surface area contributed by atoms with Gasteiger partial charge in [0, 0.05) is 16.1 Å². The molecular weight excluding hydrogens is 384 g/mol. The number of benzene rings is 2. The van der Waals surface area contributed by atoms with Gasteiger partial charge < -0.3 is 15.2 Å². The Morgan fingerprint density at radius 3 is 2.07 bits per heavy atom. The molecule has 2 rings (SSSR count). The highest BCUT2D eigenvalue weighted by Crippen LogP contribution is 2.15. The molecule has 0 aromatic heterocycles. The van der Waals surface area contributed by atoms with Crippen LogP contribution in [0.2, 0.25) is 5.02 Å². The van der Waals surface area contributed by atoms with E-state index < -0.39 is 29.8 Å². The minimum atomic E-state index is -1.06. The van der Waals surface area contributed by atoms with Gasteiger partial charge in [-0.25, -0.2) is 0 Å². The highest BCUT2D eigenvalue weighted by molar-refractivity contribution is 6.30. The summed E-state index contributed by atoms with van der Waals surface area (Å²) < 4.78 is 0. The summed E-state index contributed by atoms with van der Waals surface area (Å²) in [6, 6.07) is 9.26. The highest BCUT2D eigenvalue weighted by atomic mass is 35.5. The average molecular weight is 403 g/mol. The molecule has 3 amide bonds. The Morgan fingerprint density at radius 2 is 1.54 bits per heavy atom. The molecule has 0 aliphatic carbocycles. The van der Waals surface area contributed by atoms with Crippen LogP contribution in [0.5, 0.6) is 5.75 Å². The molecule has 0 saturated heterocycles. The number of hydrogen-bond donors (Lipinski definition) is 2. The molecule has 146 valence electrons. The first kappa shape index (κ1) is 21.1. The van der Waals surface area contributed by atoms with Crippen molar-refractivity contribution in [1.82, 2.24) is 10.2 Å². The van der Waals surface area contributed by atoms with Crippen molar-refractivity contribution < 1.29 is 24.3 Å². The van der Waals surface area contributed by atoms with Crippen LogP contribution in [-0.2, 0) is 9.59 Å². The van der Waals surface area contributed by atoms with Crippen LogP contribution in [0.1, 0.15) is 34.6 Å². The Morgan fingerprint density at radius 1 is 1.00 bits per heavy atom. The van der Waals surface area contributed by atoms with E-state index >= 15 is 0 Å². The first-order chi connectivity index (χ1) is 13.2. The fourth-order valence-corrected chi connectivity index (χ4v) is 2.57. The Labute approximate surface area is 166 Å². The van der Waals surface area contributed by atoms with E-state index in [1.54, 1.807) is 0 Å². The number of nitrogens with zero attached hydrogens (tertiary/aromatic N) is 1. The topological polar surface area (TPSA) is 104 Å². The Balaban J connectivity index is 2.20. The third kappa shape index (κ3) is 4.95. The lowest BCUT2D eigenvalue weighted by molar-refractivity contribution is -0.134. The fourth-order valence-electron chi connectivity index (χ4n) is 2.44. The highest BCUT2D eigenvalue weighted by Gasteiger charge is 2.32. The summed E-state index contributed by atoms with van der Waals surface area (Å²) in [6.45, 7) is 2.82. The van der Waals surface area contributed by atoms with Gasteiger partial charge in [-0.2, -0.15) is 0 Å². The molecule has 0 radical (unpaired) electrons. The number of aromatic hydroxyl groups is 1. The lowest BCUT2D eigenvalue weighted by Gasteiger charge is -2.27. The summed E-state index contributed by atoms with van der Waals surface area (Å²) in [5.74, 6) is -2.01. The van der Waals surface area contributed by atoms with Crippen LogP contribution in [0, 0.1) is 0 Å². The van der Waals surface area contributed by atoms with Crippen molar-refractivity contribution in [3.8, 4) is 5.75 Å². The van der Waals surface area contributed by atoms with E-state index in [-0.39, 0.29) is 11.3 Å². The van der Waals surface area contributed by atoms with Crippen molar-refractivity contribution in [3.63, 3.8) is 0 Å². The van der Waals surface area contributed by atoms with Crippen molar-refractivity contribution in [2.75, 3.05) is 0 Å². The molecule has 2 N–H and O–H groups in total. The molecular formula is C20H19ClN2O5. The molecule has 0 aliphatic rings. The Bertz CT molecular complexity index is 880. The monoisotopic (exact) mass is 402 g/mol. The maximum Gasteiger partial charge on any atom is 0.261 e. The first-order valence-electron chi connectivity index (χ1n) is 8.42. The lowest BCUT2D eigenvalue weighted by atomic mass is 10.1. The van der Waals surface area contributed by atoms with Gasteiger partial charge in [0.25, 0.3) is 17.7 Å². The van der Waals surface area contributed by atoms with Crippen LogP contribution in [0.3, 0.4) is 0 Å². The zero-order chi connectivity index (χ0) is 20.8. The molecule has 2 aromatic rings. The summed E-state index contributed by atoms with van der Waals surface area (Å²) in [4.78, 5) is 49.9. The molecule has 0 heterocycles. The zero-order valence-electron chi connectivity index (χ0n) is 15.3. The maximum atomic E-state index is 12.8. The summed E-state index contributed by atoms with van der Waals surface area (Å²) in [6.07, 6.45) is 0.462.